The molecule has 0 spiro atoms. The van der Waals surface area contributed by atoms with E-state index in [1.807, 2.05) is 11.6 Å². The number of hydrogen-bond donors (Lipinski definition) is 1. The van der Waals surface area contributed by atoms with Crippen molar-refractivity contribution in [1.82, 2.24) is 24.1 Å². The quantitative estimate of drug-likeness (QED) is 0.839. The number of aromatic nitrogens is 4. The molecule has 8 nitrogen and oxygen atoms in total. The van der Waals surface area contributed by atoms with Crippen LogP contribution in [-0.4, -0.2) is 45.6 Å². The lowest BCUT2D eigenvalue weighted by Gasteiger charge is -2.16. The fraction of sp³-hybridized carbons (Fsp3) is 0.562. The standard InChI is InChI=1S/C16H24N6O2S/c1-12(2)16-20-19-15(21(16)3)11-18-14-10-13(6-7-17-14)25(23,24)22-8-4-5-9-22/h6-7,10,12H,4-5,8-9,11H2,1-3H3,(H,17,18). The molecule has 1 aliphatic heterocycles. The van der Waals surface area contributed by atoms with Crippen LogP contribution in [0, 0.1) is 0 Å². The van der Waals surface area contributed by atoms with E-state index in [9.17, 15) is 8.42 Å². The molecule has 0 aliphatic carbocycles. The van der Waals surface area contributed by atoms with Gasteiger partial charge < -0.3 is 9.88 Å². The van der Waals surface area contributed by atoms with Crippen LogP contribution in [0.1, 0.15) is 44.3 Å². The van der Waals surface area contributed by atoms with Gasteiger partial charge >= 0.3 is 0 Å². The minimum absolute atomic E-state index is 0.271. The van der Waals surface area contributed by atoms with E-state index in [1.165, 1.54) is 16.6 Å². The van der Waals surface area contributed by atoms with Crippen LogP contribution < -0.4 is 5.32 Å². The Hall–Kier alpha value is -2.00. The van der Waals surface area contributed by atoms with Gasteiger partial charge in [-0.2, -0.15) is 4.31 Å². The fourth-order valence-electron chi connectivity index (χ4n) is 2.95. The van der Waals surface area contributed by atoms with Gasteiger partial charge in [0.25, 0.3) is 0 Å². The van der Waals surface area contributed by atoms with Gasteiger partial charge in [0.05, 0.1) is 11.4 Å². The molecule has 2 aromatic rings. The summed E-state index contributed by atoms with van der Waals surface area (Å²) in [6, 6.07) is 3.12. The number of anilines is 1. The van der Waals surface area contributed by atoms with Gasteiger partial charge in [-0.25, -0.2) is 13.4 Å². The molecule has 0 unspecified atom stereocenters. The predicted octanol–water partition coefficient (Wildman–Crippen LogP) is 1.73. The third-order valence-corrected chi connectivity index (χ3v) is 6.27. The highest BCUT2D eigenvalue weighted by molar-refractivity contribution is 7.89. The maximum Gasteiger partial charge on any atom is 0.243 e. The van der Waals surface area contributed by atoms with Crippen molar-refractivity contribution in [3.8, 4) is 0 Å². The lowest BCUT2D eigenvalue weighted by atomic mass is 10.2. The zero-order chi connectivity index (χ0) is 18.0. The molecule has 1 saturated heterocycles. The van der Waals surface area contributed by atoms with E-state index >= 15 is 0 Å². The van der Waals surface area contributed by atoms with Crippen molar-refractivity contribution in [2.75, 3.05) is 18.4 Å². The zero-order valence-corrected chi connectivity index (χ0v) is 15.6. The van der Waals surface area contributed by atoms with Crippen LogP contribution in [0.2, 0.25) is 0 Å². The van der Waals surface area contributed by atoms with Gasteiger partial charge in [0, 0.05) is 38.3 Å². The highest BCUT2D eigenvalue weighted by Gasteiger charge is 2.27. The van der Waals surface area contributed by atoms with Crippen LogP contribution >= 0.6 is 0 Å². The van der Waals surface area contributed by atoms with Crippen molar-refractivity contribution in [1.29, 1.82) is 0 Å². The SMILES string of the molecule is CC(C)c1nnc(CNc2cc(S(=O)(=O)N3CCCC3)ccn2)n1C. The molecular weight excluding hydrogens is 340 g/mol. The van der Waals surface area contributed by atoms with Crippen molar-refractivity contribution in [2.24, 2.45) is 7.05 Å². The first kappa shape index (κ1) is 17.8. The lowest BCUT2D eigenvalue weighted by Crippen LogP contribution is -2.27. The van der Waals surface area contributed by atoms with E-state index in [1.54, 1.807) is 6.07 Å². The molecule has 1 aliphatic rings. The molecule has 1 fully saturated rings. The Kier molecular flexibility index (Phi) is 5.05. The topological polar surface area (TPSA) is 93.0 Å². The Balaban J connectivity index is 1.74. The molecule has 0 aromatic carbocycles. The van der Waals surface area contributed by atoms with Crippen LogP contribution in [-0.2, 0) is 23.6 Å². The fourth-order valence-corrected chi connectivity index (χ4v) is 4.48. The Bertz CT molecular complexity index is 840. The molecule has 3 heterocycles. The van der Waals surface area contributed by atoms with Gasteiger partial charge in [0.15, 0.2) is 5.82 Å². The summed E-state index contributed by atoms with van der Waals surface area (Å²) in [5.41, 5.74) is 0. The third kappa shape index (κ3) is 3.67. The third-order valence-electron chi connectivity index (χ3n) is 4.38. The number of rotatable bonds is 6. The molecule has 0 amide bonds. The average Bonchev–Trinajstić information content (AvgIpc) is 3.23. The van der Waals surface area contributed by atoms with Gasteiger partial charge in [0.1, 0.15) is 11.6 Å². The summed E-state index contributed by atoms with van der Waals surface area (Å²) in [5, 5.41) is 11.5. The first-order valence-corrected chi connectivity index (χ1v) is 9.92. The van der Waals surface area contributed by atoms with Crippen LogP contribution in [0.4, 0.5) is 5.82 Å². The van der Waals surface area contributed by atoms with Crippen LogP contribution in [0.15, 0.2) is 23.2 Å². The summed E-state index contributed by atoms with van der Waals surface area (Å²) >= 11 is 0. The maximum absolute atomic E-state index is 12.6. The predicted molar refractivity (Wildman–Crippen MR) is 94.6 cm³/mol. The molecule has 3 rings (SSSR count). The minimum atomic E-state index is -3.44. The van der Waals surface area contributed by atoms with Crippen LogP contribution in [0.5, 0.6) is 0 Å². The second-order valence-electron chi connectivity index (χ2n) is 6.53. The molecule has 1 N–H and O–H groups in total. The Morgan fingerprint density at radius 1 is 1.24 bits per heavy atom. The smallest absolute Gasteiger partial charge is 0.243 e. The van der Waals surface area contributed by atoms with Crippen LogP contribution in [0.3, 0.4) is 0 Å². The van der Waals surface area contributed by atoms with Crippen molar-refractivity contribution in [3.05, 3.63) is 30.0 Å². The number of hydrogen-bond acceptors (Lipinski definition) is 6. The average molecular weight is 364 g/mol. The van der Waals surface area contributed by atoms with Gasteiger partial charge in [-0.15, -0.1) is 10.2 Å². The van der Waals surface area contributed by atoms with E-state index in [2.05, 4.69) is 34.3 Å². The summed E-state index contributed by atoms with van der Waals surface area (Å²) in [5.74, 6) is 2.49. The minimum Gasteiger partial charge on any atom is -0.363 e. The molecule has 25 heavy (non-hydrogen) atoms. The van der Waals surface area contributed by atoms with Crippen molar-refractivity contribution in [3.63, 3.8) is 0 Å². The highest BCUT2D eigenvalue weighted by atomic mass is 32.2. The van der Waals surface area contributed by atoms with Gasteiger partial charge in [-0.05, 0) is 18.9 Å². The van der Waals surface area contributed by atoms with Crippen LogP contribution in [0.25, 0.3) is 0 Å². The van der Waals surface area contributed by atoms with Crippen molar-refractivity contribution >= 4 is 15.8 Å². The summed E-state index contributed by atoms with van der Waals surface area (Å²) in [6.07, 6.45) is 3.35. The molecule has 0 bridgehead atoms. The summed E-state index contributed by atoms with van der Waals surface area (Å²) < 4.78 is 28.8. The number of nitrogens with one attached hydrogen (secondary N) is 1. The summed E-state index contributed by atoms with van der Waals surface area (Å²) in [4.78, 5) is 4.49. The monoisotopic (exact) mass is 364 g/mol. The van der Waals surface area contributed by atoms with E-state index in [4.69, 9.17) is 0 Å². The molecule has 0 atom stereocenters. The second-order valence-corrected chi connectivity index (χ2v) is 8.47. The first-order chi connectivity index (χ1) is 11.9. The lowest BCUT2D eigenvalue weighted by molar-refractivity contribution is 0.477. The molecular formula is C16H24N6O2S. The van der Waals surface area contributed by atoms with Crippen molar-refractivity contribution in [2.45, 2.75) is 44.0 Å². The molecule has 136 valence electrons. The van der Waals surface area contributed by atoms with Gasteiger partial charge in [-0.3, -0.25) is 0 Å². The molecule has 2 aromatic heterocycles. The van der Waals surface area contributed by atoms with E-state index < -0.39 is 10.0 Å². The van der Waals surface area contributed by atoms with E-state index in [0.717, 1.165) is 24.5 Å². The van der Waals surface area contributed by atoms with Crippen molar-refractivity contribution < 1.29 is 8.42 Å². The Morgan fingerprint density at radius 2 is 1.96 bits per heavy atom. The maximum atomic E-state index is 12.6. The summed E-state index contributed by atoms with van der Waals surface area (Å²) in [7, 11) is -1.51. The normalized spacial score (nSPS) is 15.8. The Labute approximate surface area is 148 Å². The van der Waals surface area contributed by atoms with Gasteiger partial charge in [0.2, 0.25) is 10.0 Å². The molecule has 9 heteroatoms. The Morgan fingerprint density at radius 3 is 2.60 bits per heavy atom. The highest BCUT2D eigenvalue weighted by Crippen LogP contribution is 2.22. The zero-order valence-electron chi connectivity index (χ0n) is 14.8. The van der Waals surface area contributed by atoms with E-state index in [0.29, 0.717) is 31.4 Å². The van der Waals surface area contributed by atoms with Gasteiger partial charge in [-0.1, -0.05) is 13.8 Å². The second kappa shape index (κ2) is 7.09. The number of nitrogens with zero attached hydrogens (tertiary/aromatic N) is 5. The largest absolute Gasteiger partial charge is 0.363 e. The van der Waals surface area contributed by atoms with E-state index in [-0.39, 0.29) is 4.90 Å². The molecule has 0 saturated carbocycles. The molecule has 0 radical (unpaired) electrons. The number of pyridine rings is 1. The first-order valence-electron chi connectivity index (χ1n) is 8.48. The summed E-state index contributed by atoms with van der Waals surface area (Å²) in [6.45, 7) is 5.73. The number of sulfonamides is 1.